The third-order valence-corrected chi connectivity index (χ3v) is 22.2. The van der Waals surface area contributed by atoms with Crippen molar-refractivity contribution in [3.63, 3.8) is 0 Å². The van der Waals surface area contributed by atoms with E-state index >= 15 is 0 Å². The van der Waals surface area contributed by atoms with E-state index in [2.05, 4.69) is 27.7 Å². The minimum absolute atomic E-state index is 0.0663. The molecule has 0 fully saturated rings. The molecule has 0 aliphatic heterocycles. The van der Waals surface area contributed by atoms with Crippen LogP contribution in [-0.4, -0.2) is 31.1 Å². The summed E-state index contributed by atoms with van der Waals surface area (Å²) in [6.45, 7) is 9.13. The topological polar surface area (TPSA) is 52.6 Å². The van der Waals surface area contributed by atoms with Crippen molar-refractivity contribution in [3.05, 3.63) is 0 Å². The van der Waals surface area contributed by atoms with Gasteiger partial charge in [0, 0.05) is 0 Å². The number of rotatable bonds is 48. The molecule has 0 heterocycles. The van der Waals surface area contributed by atoms with Crippen LogP contribution in [0.2, 0.25) is 8.87 Å². The van der Waals surface area contributed by atoms with Crippen LogP contribution < -0.4 is 0 Å². The van der Waals surface area contributed by atoms with Crippen LogP contribution in [0.3, 0.4) is 0 Å². The molecule has 4 nitrogen and oxygen atoms in total. The van der Waals surface area contributed by atoms with E-state index in [1.54, 1.807) is 0 Å². The van der Waals surface area contributed by atoms with E-state index in [1.165, 1.54) is 218 Å². The molecule has 0 spiro atoms. The minimum atomic E-state index is -3.98. The second-order valence-corrected chi connectivity index (χ2v) is 27.5. The number of carbonyl (C=O) groups excluding carboxylic acids is 2. The summed E-state index contributed by atoms with van der Waals surface area (Å²) in [6, 6.07) is 0. The second-order valence-electron chi connectivity index (χ2n) is 18.3. The Kier molecular flexibility index (Phi) is 46.6. The van der Waals surface area contributed by atoms with Crippen molar-refractivity contribution in [2.75, 3.05) is 0 Å². The van der Waals surface area contributed by atoms with Gasteiger partial charge >= 0.3 is 326 Å². The molecule has 0 aliphatic carbocycles. The first-order valence-corrected chi connectivity index (χ1v) is 32.8. The molecule has 0 saturated heterocycles. The van der Waals surface area contributed by atoms with Gasteiger partial charge in [-0.1, -0.05) is 39.5 Å². The first kappa shape index (κ1) is 56.7. The third kappa shape index (κ3) is 42.2. The summed E-state index contributed by atoms with van der Waals surface area (Å²) >= 11 is -3.98. The molecule has 0 saturated carbocycles. The first-order chi connectivity index (χ1) is 28.0. The quantitative estimate of drug-likeness (QED) is 0.0451. The van der Waals surface area contributed by atoms with Crippen molar-refractivity contribution in [1.29, 1.82) is 0 Å². The fourth-order valence-electron chi connectivity index (χ4n) is 8.50. The second kappa shape index (κ2) is 46.8. The van der Waals surface area contributed by atoms with Crippen LogP contribution in [0.4, 0.5) is 0 Å². The van der Waals surface area contributed by atoms with Crippen molar-refractivity contribution < 1.29 is 15.7 Å². The molecule has 0 aromatic heterocycles. The molecule has 0 atom stereocenters. The van der Waals surface area contributed by atoms with E-state index in [0.717, 1.165) is 60.2 Å². The van der Waals surface area contributed by atoms with Crippen LogP contribution in [0.1, 0.15) is 310 Å². The van der Waals surface area contributed by atoms with Crippen LogP contribution in [0.15, 0.2) is 0 Å². The van der Waals surface area contributed by atoms with Crippen LogP contribution in [-0.2, 0) is 15.7 Å². The number of carbonyl (C=O) groups is 2. The van der Waals surface area contributed by atoms with E-state index in [0.29, 0.717) is 12.8 Å². The molecular weight excluding hydrogens is 807 g/mol. The van der Waals surface area contributed by atoms with Gasteiger partial charge in [-0.2, -0.15) is 0 Å². The maximum absolute atomic E-state index is 13.6. The SMILES string of the molecule is CCCCCCCCCCCCCC(=O)[O][Sn]([CH2]CCCCCCCCCCC)([CH2]CCCCCCCCCCC)[O]C(=O)CCCCCCCCCCCCC. The summed E-state index contributed by atoms with van der Waals surface area (Å²) in [6.07, 6.45) is 54.7. The smallest absolute Gasteiger partial charge is 0.0654 e. The number of hydrogen-bond donors (Lipinski definition) is 0. The molecule has 0 rings (SSSR count). The number of unbranched alkanes of at least 4 members (excludes halogenated alkanes) is 38. The van der Waals surface area contributed by atoms with Gasteiger partial charge < -0.3 is 0 Å². The summed E-state index contributed by atoms with van der Waals surface area (Å²) in [4.78, 5) is 27.1. The zero-order chi connectivity index (χ0) is 41.6. The van der Waals surface area contributed by atoms with Gasteiger partial charge in [0.25, 0.3) is 0 Å². The van der Waals surface area contributed by atoms with Gasteiger partial charge in [0.15, 0.2) is 0 Å². The normalized spacial score (nSPS) is 11.7. The Morgan fingerprint density at radius 3 is 0.649 bits per heavy atom. The van der Waals surface area contributed by atoms with Gasteiger partial charge in [-0.05, 0) is 0 Å². The molecule has 0 aromatic rings. The van der Waals surface area contributed by atoms with E-state index in [1.807, 2.05) is 0 Å². The Balaban J connectivity index is 5.17. The zero-order valence-corrected chi connectivity index (χ0v) is 42.5. The van der Waals surface area contributed by atoms with Gasteiger partial charge in [0.05, 0.1) is 0 Å². The Labute approximate surface area is 364 Å². The standard InChI is InChI=1S/2C14H28O2.2C12H25.Sn/c2*1-2-3-4-5-6-7-8-9-10-11-12-13-14(15)16;2*1-3-5-7-9-11-12-10-8-6-4-2;/h2*2-13H2,1H3,(H,15,16);2*1,3-12H2,2H3;/q;;;;+2/p-2. The van der Waals surface area contributed by atoms with Gasteiger partial charge in [-0.3, -0.25) is 0 Å². The van der Waals surface area contributed by atoms with Crippen LogP contribution >= 0.6 is 0 Å². The molecule has 0 N–H and O–H groups in total. The summed E-state index contributed by atoms with van der Waals surface area (Å²) < 4.78 is 14.9. The van der Waals surface area contributed by atoms with Crippen molar-refractivity contribution in [2.45, 2.75) is 319 Å². The third-order valence-electron chi connectivity index (χ3n) is 12.4. The van der Waals surface area contributed by atoms with E-state index in [-0.39, 0.29) is 11.9 Å². The molecule has 0 amide bonds. The summed E-state index contributed by atoms with van der Waals surface area (Å²) in [5.74, 6) is -0.133. The van der Waals surface area contributed by atoms with Crippen molar-refractivity contribution in [3.8, 4) is 0 Å². The Morgan fingerprint density at radius 2 is 0.439 bits per heavy atom. The van der Waals surface area contributed by atoms with Crippen LogP contribution in [0.5, 0.6) is 0 Å². The molecule has 0 radical (unpaired) electrons. The minimum Gasteiger partial charge on any atom is -0.0654 e. The molecule has 0 aromatic carbocycles. The average molecular weight is 912 g/mol. The summed E-state index contributed by atoms with van der Waals surface area (Å²) in [7, 11) is 0. The van der Waals surface area contributed by atoms with Crippen LogP contribution in [0.25, 0.3) is 0 Å². The predicted octanol–water partition coefficient (Wildman–Crippen LogP) is 18.8. The molecule has 5 heteroatoms. The molecule has 0 bridgehead atoms. The van der Waals surface area contributed by atoms with Gasteiger partial charge in [-0.25, -0.2) is 0 Å². The Morgan fingerprint density at radius 1 is 0.263 bits per heavy atom. The van der Waals surface area contributed by atoms with Crippen LogP contribution in [0, 0.1) is 0 Å². The van der Waals surface area contributed by atoms with E-state index in [4.69, 9.17) is 6.15 Å². The van der Waals surface area contributed by atoms with Gasteiger partial charge in [0.1, 0.15) is 0 Å². The molecule has 0 aliphatic rings. The van der Waals surface area contributed by atoms with Gasteiger partial charge in [-0.15, -0.1) is 0 Å². The Bertz CT molecular complexity index is 750. The van der Waals surface area contributed by atoms with E-state index in [9.17, 15) is 9.59 Å². The first-order valence-electron chi connectivity index (χ1n) is 26.5. The average Bonchev–Trinajstić information content (AvgIpc) is 3.20. The molecule has 57 heavy (non-hydrogen) atoms. The summed E-state index contributed by atoms with van der Waals surface area (Å²) in [5.41, 5.74) is 0. The van der Waals surface area contributed by atoms with Crippen molar-refractivity contribution in [2.24, 2.45) is 0 Å². The molecule has 0 unspecified atom stereocenters. The zero-order valence-electron chi connectivity index (χ0n) is 39.7. The fourth-order valence-corrected chi connectivity index (χ4v) is 17.9. The van der Waals surface area contributed by atoms with Crippen molar-refractivity contribution in [1.82, 2.24) is 0 Å². The summed E-state index contributed by atoms with van der Waals surface area (Å²) in [5, 5.41) is 0. The molecular formula is C52H104O4Sn. The Hall–Kier alpha value is -0.261. The monoisotopic (exact) mass is 913 g/mol. The van der Waals surface area contributed by atoms with Gasteiger partial charge in [0.2, 0.25) is 0 Å². The fraction of sp³-hybridized carbons (Fsp3) is 0.962. The van der Waals surface area contributed by atoms with Crippen molar-refractivity contribution >= 4 is 31.1 Å². The molecule has 340 valence electrons. The maximum atomic E-state index is 13.6. The predicted molar refractivity (Wildman–Crippen MR) is 253 cm³/mol. The van der Waals surface area contributed by atoms with E-state index < -0.39 is 19.2 Å². The number of hydrogen-bond acceptors (Lipinski definition) is 4.